The summed E-state index contributed by atoms with van der Waals surface area (Å²) in [6, 6.07) is 17.2. The third-order valence-corrected chi connectivity index (χ3v) is 3.11. The Hall–Kier alpha value is -2.01. The van der Waals surface area contributed by atoms with Crippen LogP contribution >= 0.6 is 0 Å². The Balaban J connectivity index is 2.03. The molecule has 0 aliphatic heterocycles. The molecule has 0 heterocycles. The molecule has 2 N–H and O–H groups in total. The van der Waals surface area contributed by atoms with Crippen molar-refractivity contribution in [2.75, 3.05) is 16.3 Å². The van der Waals surface area contributed by atoms with E-state index in [4.69, 9.17) is 0 Å². The maximum absolute atomic E-state index is 11.2. The van der Waals surface area contributed by atoms with E-state index in [0.29, 0.717) is 12.2 Å². The molecule has 0 amide bonds. The maximum Gasteiger partial charge on any atom is 0.229 e. The Morgan fingerprint density at radius 2 is 1.63 bits per heavy atom. The summed E-state index contributed by atoms with van der Waals surface area (Å²) < 4.78 is 24.8. The first kappa shape index (κ1) is 13.4. The van der Waals surface area contributed by atoms with E-state index in [1.807, 2.05) is 36.4 Å². The van der Waals surface area contributed by atoms with Crippen molar-refractivity contribution in [3.63, 3.8) is 0 Å². The van der Waals surface area contributed by atoms with Gasteiger partial charge in [-0.05, 0) is 23.8 Å². The molecule has 0 bridgehead atoms. The summed E-state index contributed by atoms with van der Waals surface area (Å²) in [6.07, 6.45) is 1.14. The van der Waals surface area contributed by atoms with Crippen LogP contribution in [0, 0.1) is 0 Å². The van der Waals surface area contributed by atoms with Gasteiger partial charge in [0.05, 0.1) is 11.9 Å². The summed E-state index contributed by atoms with van der Waals surface area (Å²) in [5, 5.41) is 3.25. The summed E-state index contributed by atoms with van der Waals surface area (Å²) in [7, 11) is -3.24. The van der Waals surface area contributed by atoms with Gasteiger partial charge in [0.1, 0.15) is 0 Å². The second kappa shape index (κ2) is 5.75. The predicted octanol–water partition coefficient (Wildman–Crippen LogP) is 2.67. The summed E-state index contributed by atoms with van der Waals surface area (Å²) in [5.41, 5.74) is 2.60. The van der Waals surface area contributed by atoms with Crippen molar-refractivity contribution in [3.05, 3.63) is 60.2 Å². The molecule has 4 nitrogen and oxygen atoms in total. The molecule has 0 spiro atoms. The van der Waals surface area contributed by atoms with Crippen LogP contribution in [0.4, 0.5) is 11.4 Å². The van der Waals surface area contributed by atoms with Crippen LogP contribution in [0.2, 0.25) is 0 Å². The van der Waals surface area contributed by atoms with Gasteiger partial charge in [-0.1, -0.05) is 36.4 Å². The quantitative estimate of drug-likeness (QED) is 0.882. The molecule has 19 heavy (non-hydrogen) atoms. The van der Waals surface area contributed by atoms with Crippen LogP contribution in [0.5, 0.6) is 0 Å². The van der Waals surface area contributed by atoms with E-state index >= 15 is 0 Å². The monoisotopic (exact) mass is 276 g/mol. The fraction of sp³-hybridized carbons (Fsp3) is 0.143. The lowest BCUT2D eigenvalue weighted by Crippen LogP contribution is -2.09. The fourth-order valence-electron chi connectivity index (χ4n) is 1.71. The second-order valence-electron chi connectivity index (χ2n) is 4.29. The van der Waals surface area contributed by atoms with Gasteiger partial charge in [-0.2, -0.15) is 0 Å². The number of hydrogen-bond donors (Lipinski definition) is 2. The van der Waals surface area contributed by atoms with Crippen molar-refractivity contribution in [1.29, 1.82) is 0 Å². The molecule has 0 unspecified atom stereocenters. The van der Waals surface area contributed by atoms with E-state index in [9.17, 15) is 8.42 Å². The molecule has 0 aliphatic carbocycles. The van der Waals surface area contributed by atoms with Crippen LogP contribution in [0.3, 0.4) is 0 Å². The Labute approximate surface area is 113 Å². The van der Waals surface area contributed by atoms with Gasteiger partial charge in [0.25, 0.3) is 0 Å². The lowest BCUT2D eigenvalue weighted by molar-refractivity contribution is 0.607. The van der Waals surface area contributed by atoms with E-state index in [1.165, 1.54) is 5.56 Å². The van der Waals surface area contributed by atoms with Gasteiger partial charge in [0.2, 0.25) is 10.0 Å². The minimum atomic E-state index is -3.24. The molecule has 2 aromatic carbocycles. The van der Waals surface area contributed by atoms with Crippen molar-refractivity contribution < 1.29 is 8.42 Å². The molecule has 100 valence electrons. The van der Waals surface area contributed by atoms with E-state index in [0.717, 1.165) is 11.9 Å². The molecule has 0 fully saturated rings. The summed E-state index contributed by atoms with van der Waals surface area (Å²) in [6.45, 7) is 0.698. The van der Waals surface area contributed by atoms with Crippen LogP contribution in [0.25, 0.3) is 0 Å². The molecular formula is C14H16N2O2S. The summed E-state index contributed by atoms with van der Waals surface area (Å²) in [4.78, 5) is 0. The van der Waals surface area contributed by atoms with Gasteiger partial charge in [0.15, 0.2) is 0 Å². The van der Waals surface area contributed by atoms with Crippen LogP contribution in [0.15, 0.2) is 54.6 Å². The zero-order chi connectivity index (χ0) is 13.7. The van der Waals surface area contributed by atoms with Gasteiger partial charge in [-0.3, -0.25) is 4.72 Å². The molecule has 0 atom stereocenters. The molecular weight excluding hydrogens is 260 g/mol. The number of sulfonamides is 1. The largest absolute Gasteiger partial charge is 0.381 e. The molecule has 0 saturated carbocycles. The average Bonchev–Trinajstić information content (AvgIpc) is 2.36. The first-order valence-corrected chi connectivity index (χ1v) is 7.78. The summed E-state index contributed by atoms with van der Waals surface area (Å²) >= 11 is 0. The van der Waals surface area contributed by atoms with Gasteiger partial charge in [-0.25, -0.2) is 8.42 Å². The summed E-state index contributed by atoms with van der Waals surface area (Å²) in [5.74, 6) is 0. The van der Waals surface area contributed by atoms with Crippen LogP contribution in [-0.4, -0.2) is 14.7 Å². The number of benzene rings is 2. The second-order valence-corrected chi connectivity index (χ2v) is 6.04. The van der Waals surface area contributed by atoms with Crippen LogP contribution < -0.4 is 10.0 Å². The number of anilines is 2. The zero-order valence-electron chi connectivity index (χ0n) is 10.6. The highest BCUT2D eigenvalue weighted by Gasteiger charge is 2.02. The minimum Gasteiger partial charge on any atom is -0.381 e. The van der Waals surface area contributed by atoms with Crippen molar-refractivity contribution >= 4 is 21.4 Å². The topological polar surface area (TPSA) is 58.2 Å². The number of hydrogen-bond acceptors (Lipinski definition) is 3. The van der Waals surface area contributed by atoms with E-state index < -0.39 is 10.0 Å². The molecule has 2 rings (SSSR count). The third kappa shape index (κ3) is 4.63. The lowest BCUT2D eigenvalue weighted by Gasteiger charge is -2.09. The van der Waals surface area contributed by atoms with E-state index in [-0.39, 0.29) is 0 Å². The highest BCUT2D eigenvalue weighted by molar-refractivity contribution is 7.92. The van der Waals surface area contributed by atoms with Crippen molar-refractivity contribution in [2.45, 2.75) is 6.54 Å². The van der Waals surface area contributed by atoms with Crippen molar-refractivity contribution in [1.82, 2.24) is 0 Å². The number of nitrogens with one attached hydrogen (secondary N) is 2. The maximum atomic E-state index is 11.2. The Morgan fingerprint density at radius 1 is 0.947 bits per heavy atom. The van der Waals surface area contributed by atoms with Crippen LogP contribution in [-0.2, 0) is 16.6 Å². The average molecular weight is 276 g/mol. The van der Waals surface area contributed by atoms with Crippen LogP contribution in [0.1, 0.15) is 5.56 Å². The Kier molecular flexibility index (Phi) is 4.06. The predicted molar refractivity (Wildman–Crippen MR) is 78.7 cm³/mol. The first-order valence-electron chi connectivity index (χ1n) is 5.88. The smallest absolute Gasteiger partial charge is 0.229 e. The lowest BCUT2D eigenvalue weighted by atomic mass is 10.2. The highest BCUT2D eigenvalue weighted by atomic mass is 32.2. The molecule has 0 aromatic heterocycles. The normalized spacial score (nSPS) is 11.0. The first-order chi connectivity index (χ1) is 9.03. The van der Waals surface area contributed by atoms with E-state index in [2.05, 4.69) is 10.0 Å². The molecule has 5 heteroatoms. The molecule has 0 saturated heterocycles. The SMILES string of the molecule is CS(=O)(=O)Nc1cccc(NCc2ccccc2)c1. The molecule has 0 aliphatic rings. The Morgan fingerprint density at radius 3 is 2.32 bits per heavy atom. The highest BCUT2D eigenvalue weighted by Crippen LogP contribution is 2.16. The zero-order valence-corrected chi connectivity index (χ0v) is 11.4. The fourth-order valence-corrected chi connectivity index (χ4v) is 2.26. The van der Waals surface area contributed by atoms with Gasteiger partial charge >= 0.3 is 0 Å². The Bertz CT molecular complexity index is 640. The van der Waals surface area contributed by atoms with Gasteiger partial charge in [-0.15, -0.1) is 0 Å². The minimum absolute atomic E-state index is 0.556. The third-order valence-electron chi connectivity index (χ3n) is 2.51. The van der Waals surface area contributed by atoms with Gasteiger partial charge in [0, 0.05) is 12.2 Å². The standard InChI is InChI=1S/C14H16N2O2S/c1-19(17,18)16-14-9-5-8-13(10-14)15-11-12-6-3-2-4-7-12/h2-10,15-16H,11H2,1H3. The van der Waals surface area contributed by atoms with Crippen molar-refractivity contribution in [2.24, 2.45) is 0 Å². The van der Waals surface area contributed by atoms with E-state index in [1.54, 1.807) is 18.2 Å². The molecule has 0 radical (unpaired) electrons. The molecule has 2 aromatic rings. The number of rotatable bonds is 5. The van der Waals surface area contributed by atoms with Crippen molar-refractivity contribution in [3.8, 4) is 0 Å². The van der Waals surface area contributed by atoms with Gasteiger partial charge < -0.3 is 5.32 Å².